The second-order valence-electron chi connectivity index (χ2n) is 3.53. The lowest BCUT2D eigenvalue weighted by Gasteiger charge is -2.02. The summed E-state index contributed by atoms with van der Waals surface area (Å²) in [5.74, 6) is 0. The minimum absolute atomic E-state index is 0.155. The molecule has 0 aliphatic heterocycles. The zero-order chi connectivity index (χ0) is 11.4. The molecule has 16 heavy (non-hydrogen) atoms. The standard InChI is InChI=1S/C13H12ClNO/c14-12-4-2-11(3-5-12)13-6-1-10(7-8-16)9-15-13/h1-6,9,16H,7-8H2. The smallest absolute Gasteiger partial charge is 0.0702 e. The van der Waals surface area contributed by atoms with Crippen LogP contribution in [-0.2, 0) is 6.42 Å². The SMILES string of the molecule is OCCc1ccc(-c2ccc(Cl)cc2)nc1. The predicted molar refractivity (Wildman–Crippen MR) is 65.5 cm³/mol. The van der Waals surface area contributed by atoms with Crippen LogP contribution in [0.2, 0.25) is 5.02 Å². The Balaban J connectivity index is 2.24. The van der Waals surface area contributed by atoms with Gasteiger partial charge in [0, 0.05) is 23.4 Å². The number of pyridine rings is 1. The molecule has 3 heteroatoms. The van der Waals surface area contributed by atoms with Crippen LogP contribution in [0.5, 0.6) is 0 Å². The molecule has 1 aromatic heterocycles. The third-order valence-corrected chi connectivity index (χ3v) is 2.62. The van der Waals surface area contributed by atoms with Crippen LogP contribution in [0.25, 0.3) is 11.3 Å². The van der Waals surface area contributed by atoms with Gasteiger partial charge in [0.15, 0.2) is 0 Å². The molecule has 1 aromatic carbocycles. The number of rotatable bonds is 3. The summed E-state index contributed by atoms with van der Waals surface area (Å²) in [6.07, 6.45) is 2.44. The van der Waals surface area contributed by atoms with Crippen LogP contribution in [0.1, 0.15) is 5.56 Å². The van der Waals surface area contributed by atoms with E-state index in [0.29, 0.717) is 6.42 Å². The van der Waals surface area contributed by atoms with Crippen molar-refractivity contribution in [3.63, 3.8) is 0 Å². The van der Waals surface area contributed by atoms with E-state index in [9.17, 15) is 0 Å². The van der Waals surface area contributed by atoms with E-state index >= 15 is 0 Å². The van der Waals surface area contributed by atoms with Gasteiger partial charge in [0.2, 0.25) is 0 Å². The number of hydrogen-bond donors (Lipinski definition) is 1. The van der Waals surface area contributed by atoms with E-state index in [2.05, 4.69) is 4.98 Å². The minimum atomic E-state index is 0.155. The van der Waals surface area contributed by atoms with Crippen LogP contribution < -0.4 is 0 Å². The molecule has 1 N–H and O–H groups in total. The number of aliphatic hydroxyl groups excluding tert-OH is 1. The van der Waals surface area contributed by atoms with Gasteiger partial charge in [0.1, 0.15) is 0 Å². The highest BCUT2D eigenvalue weighted by atomic mass is 35.5. The molecule has 0 saturated carbocycles. The molecule has 0 radical (unpaired) electrons. The zero-order valence-corrected chi connectivity index (χ0v) is 9.48. The summed E-state index contributed by atoms with van der Waals surface area (Å²) >= 11 is 5.82. The Labute approximate surface area is 99.5 Å². The average Bonchev–Trinajstić information content (AvgIpc) is 2.32. The minimum Gasteiger partial charge on any atom is -0.396 e. The van der Waals surface area contributed by atoms with Gasteiger partial charge in [-0.05, 0) is 30.2 Å². The van der Waals surface area contributed by atoms with Crippen molar-refractivity contribution in [3.05, 3.63) is 53.2 Å². The van der Waals surface area contributed by atoms with Gasteiger partial charge in [-0.3, -0.25) is 4.98 Å². The number of aromatic nitrogens is 1. The molecule has 2 nitrogen and oxygen atoms in total. The number of halogens is 1. The maximum Gasteiger partial charge on any atom is 0.0702 e. The van der Waals surface area contributed by atoms with Crippen LogP contribution >= 0.6 is 11.6 Å². The summed E-state index contributed by atoms with van der Waals surface area (Å²) in [7, 11) is 0. The normalized spacial score (nSPS) is 10.4. The Morgan fingerprint density at radius 3 is 2.38 bits per heavy atom. The van der Waals surface area contributed by atoms with E-state index < -0.39 is 0 Å². The Bertz CT molecular complexity index is 450. The van der Waals surface area contributed by atoms with Crippen molar-refractivity contribution in [1.29, 1.82) is 0 Å². The lowest BCUT2D eigenvalue weighted by atomic mass is 10.1. The highest BCUT2D eigenvalue weighted by Crippen LogP contribution is 2.19. The van der Waals surface area contributed by atoms with Crippen molar-refractivity contribution < 1.29 is 5.11 Å². The molecule has 0 unspecified atom stereocenters. The van der Waals surface area contributed by atoms with E-state index in [1.54, 1.807) is 6.20 Å². The molecule has 0 atom stereocenters. The van der Waals surface area contributed by atoms with Crippen LogP contribution in [0, 0.1) is 0 Å². The lowest BCUT2D eigenvalue weighted by molar-refractivity contribution is 0.299. The van der Waals surface area contributed by atoms with E-state index in [0.717, 1.165) is 21.8 Å². The second-order valence-corrected chi connectivity index (χ2v) is 3.97. The zero-order valence-electron chi connectivity index (χ0n) is 8.73. The van der Waals surface area contributed by atoms with Gasteiger partial charge < -0.3 is 5.11 Å². The van der Waals surface area contributed by atoms with Crippen LogP contribution in [-0.4, -0.2) is 16.7 Å². The Hall–Kier alpha value is -1.38. The molecule has 2 aromatic rings. The molecule has 0 spiro atoms. The third-order valence-electron chi connectivity index (χ3n) is 2.37. The van der Waals surface area contributed by atoms with Crippen molar-refractivity contribution >= 4 is 11.6 Å². The van der Waals surface area contributed by atoms with E-state index in [1.165, 1.54) is 0 Å². The monoisotopic (exact) mass is 233 g/mol. The maximum atomic E-state index is 8.79. The van der Waals surface area contributed by atoms with E-state index in [1.807, 2.05) is 36.4 Å². The summed E-state index contributed by atoms with van der Waals surface area (Å²) in [6.45, 7) is 0.155. The number of aliphatic hydroxyl groups is 1. The molecule has 0 saturated heterocycles. The topological polar surface area (TPSA) is 33.1 Å². The van der Waals surface area contributed by atoms with Gasteiger partial charge >= 0.3 is 0 Å². The Morgan fingerprint density at radius 2 is 1.81 bits per heavy atom. The van der Waals surface area contributed by atoms with Gasteiger partial charge in [0.05, 0.1) is 5.69 Å². The summed E-state index contributed by atoms with van der Waals surface area (Å²) in [5, 5.41) is 9.52. The van der Waals surface area contributed by atoms with Gasteiger partial charge in [-0.1, -0.05) is 29.8 Å². The predicted octanol–water partition coefficient (Wildman–Crippen LogP) is 2.94. The molecule has 82 valence electrons. The fourth-order valence-corrected chi connectivity index (χ4v) is 1.62. The number of benzene rings is 1. The molecule has 2 rings (SSSR count). The molecular formula is C13H12ClNO. The highest BCUT2D eigenvalue weighted by Gasteiger charge is 1.99. The summed E-state index contributed by atoms with van der Waals surface area (Å²) < 4.78 is 0. The molecule has 0 bridgehead atoms. The number of hydrogen-bond acceptors (Lipinski definition) is 2. The largest absolute Gasteiger partial charge is 0.396 e. The molecule has 0 aliphatic carbocycles. The highest BCUT2D eigenvalue weighted by molar-refractivity contribution is 6.30. The summed E-state index contributed by atoms with van der Waals surface area (Å²) in [5.41, 5.74) is 3.00. The summed E-state index contributed by atoms with van der Waals surface area (Å²) in [4.78, 5) is 4.34. The van der Waals surface area contributed by atoms with Gasteiger partial charge in [-0.25, -0.2) is 0 Å². The van der Waals surface area contributed by atoms with Crippen molar-refractivity contribution in [1.82, 2.24) is 4.98 Å². The fourth-order valence-electron chi connectivity index (χ4n) is 1.49. The first kappa shape index (κ1) is 11.1. The van der Waals surface area contributed by atoms with E-state index in [-0.39, 0.29) is 6.61 Å². The maximum absolute atomic E-state index is 8.79. The van der Waals surface area contributed by atoms with Crippen LogP contribution in [0.4, 0.5) is 0 Å². The first-order chi connectivity index (χ1) is 7.79. The lowest BCUT2D eigenvalue weighted by Crippen LogP contribution is -1.92. The van der Waals surface area contributed by atoms with Crippen molar-refractivity contribution in [2.24, 2.45) is 0 Å². The molecule has 1 heterocycles. The summed E-state index contributed by atoms with van der Waals surface area (Å²) in [6, 6.07) is 11.5. The molecule has 0 fully saturated rings. The third kappa shape index (κ3) is 2.60. The molecule has 0 amide bonds. The van der Waals surface area contributed by atoms with Crippen molar-refractivity contribution in [3.8, 4) is 11.3 Å². The quantitative estimate of drug-likeness (QED) is 0.884. The second kappa shape index (κ2) is 5.10. The van der Waals surface area contributed by atoms with Crippen molar-refractivity contribution in [2.75, 3.05) is 6.61 Å². The Kier molecular flexibility index (Phi) is 3.54. The van der Waals surface area contributed by atoms with E-state index in [4.69, 9.17) is 16.7 Å². The van der Waals surface area contributed by atoms with Gasteiger partial charge in [-0.15, -0.1) is 0 Å². The Morgan fingerprint density at radius 1 is 1.06 bits per heavy atom. The van der Waals surface area contributed by atoms with Gasteiger partial charge in [-0.2, -0.15) is 0 Å². The molecular weight excluding hydrogens is 222 g/mol. The first-order valence-electron chi connectivity index (χ1n) is 5.11. The van der Waals surface area contributed by atoms with Crippen molar-refractivity contribution in [2.45, 2.75) is 6.42 Å². The first-order valence-corrected chi connectivity index (χ1v) is 5.49. The fraction of sp³-hybridized carbons (Fsp3) is 0.154. The average molecular weight is 234 g/mol. The van der Waals surface area contributed by atoms with Gasteiger partial charge in [0.25, 0.3) is 0 Å². The van der Waals surface area contributed by atoms with Crippen LogP contribution in [0.3, 0.4) is 0 Å². The molecule has 0 aliphatic rings. The van der Waals surface area contributed by atoms with Crippen LogP contribution in [0.15, 0.2) is 42.6 Å². The number of nitrogens with zero attached hydrogens (tertiary/aromatic N) is 1.